The first kappa shape index (κ1) is 17.3. The molecule has 0 aliphatic carbocycles. The minimum atomic E-state index is -0.110. The number of benzene rings is 1. The van der Waals surface area contributed by atoms with Gasteiger partial charge in [0.2, 0.25) is 0 Å². The Bertz CT molecular complexity index is 506. The van der Waals surface area contributed by atoms with Gasteiger partial charge in [-0.25, -0.2) is 0 Å². The molecule has 0 saturated carbocycles. The Morgan fingerprint density at radius 2 is 1.82 bits per heavy atom. The fourth-order valence-electron chi connectivity index (χ4n) is 3.23. The topological polar surface area (TPSA) is 24.5 Å². The van der Waals surface area contributed by atoms with E-state index in [2.05, 4.69) is 63.9 Å². The fraction of sp³-hybridized carbons (Fsp3) is 0.684. The largest absolute Gasteiger partial charge is 0.487 e. The van der Waals surface area contributed by atoms with Crippen LogP contribution in [0.4, 0.5) is 0 Å². The van der Waals surface area contributed by atoms with Crippen molar-refractivity contribution < 1.29 is 4.74 Å². The molecule has 1 unspecified atom stereocenters. The van der Waals surface area contributed by atoms with Gasteiger partial charge in [0.15, 0.2) is 0 Å². The lowest BCUT2D eigenvalue weighted by Gasteiger charge is -2.38. The maximum absolute atomic E-state index is 6.20. The lowest BCUT2D eigenvalue weighted by molar-refractivity contribution is 0.0654. The standard InChI is InChI=1S/C19H32N2O/c1-7-21(8-2)10-9-20-17-13-19(5,6)22-18-12-15(4)14(3)11-16(17)18/h11-12,17,20H,7-10,13H2,1-6H3. The predicted molar refractivity (Wildman–Crippen MR) is 93.8 cm³/mol. The monoisotopic (exact) mass is 304 g/mol. The van der Waals surface area contributed by atoms with Gasteiger partial charge in [0.25, 0.3) is 0 Å². The quantitative estimate of drug-likeness (QED) is 0.864. The zero-order valence-electron chi connectivity index (χ0n) is 15.1. The number of hydrogen-bond acceptors (Lipinski definition) is 3. The van der Waals surface area contributed by atoms with Gasteiger partial charge >= 0.3 is 0 Å². The minimum Gasteiger partial charge on any atom is -0.487 e. The number of likely N-dealkylation sites (N-methyl/N-ethyl adjacent to an activating group) is 1. The third-order valence-corrected chi connectivity index (χ3v) is 4.80. The Kier molecular flexibility index (Phi) is 5.51. The van der Waals surface area contributed by atoms with E-state index in [9.17, 15) is 0 Å². The molecule has 1 N–H and O–H groups in total. The van der Waals surface area contributed by atoms with Crippen LogP contribution in [0.25, 0.3) is 0 Å². The Labute approximate surface area is 136 Å². The lowest BCUT2D eigenvalue weighted by Crippen LogP contribution is -2.41. The second-order valence-corrected chi connectivity index (χ2v) is 7.07. The molecular formula is C19H32N2O. The molecule has 0 spiro atoms. The van der Waals surface area contributed by atoms with Crippen molar-refractivity contribution in [3.63, 3.8) is 0 Å². The van der Waals surface area contributed by atoms with Crippen LogP contribution in [0.2, 0.25) is 0 Å². The van der Waals surface area contributed by atoms with Crippen LogP contribution in [-0.4, -0.2) is 36.7 Å². The number of fused-ring (bicyclic) bond motifs is 1. The number of ether oxygens (including phenoxy) is 1. The molecule has 0 aromatic heterocycles. The van der Waals surface area contributed by atoms with Crippen molar-refractivity contribution in [3.8, 4) is 5.75 Å². The molecule has 1 atom stereocenters. The van der Waals surface area contributed by atoms with Crippen molar-refractivity contribution in [2.75, 3.05) is 26.2 Å². The van der Waals surface area contributed by atoms with Crippen LogP contribution in [0.1, 0.15) is 56.8 Å². The lowest BCUT2D eigenvalue weighted by atomic mass is 9.88. The number of nitrogens with zero attached hydrogens (tertiary/aromatic N) is 1. The van der Waals surface area contributed by atoms with E-state index in [1.165, 1.54) is 16.7 Å². The first-order valence-electron chi connectivity index (χ1n) is 8.62. The van der Waals surface area contributed by atoms with E-state index >= 15 is 0 Å². The van der Waals surface area contributed by atoms with E-state index in [0.29, 0.717) is 6.04 Å². The molecule has 0 saturated heterocycles. The van der Waals surface area contributed by atoms with E-state index in [-0.39, 0.29) is 5.60 Å². The van der Waals surface area contributed by atoms with Crippen molar-refractivity contribution in [3.05, 3.63) is 28.8 Å². The zero-order valence-corrected chi connectivity index (χ0v) is 15.1. The smallest absolute Gasteiger partial charge is 0.125 e. The summed E-state index contributed by atoms with van der Waals surface area (Å²) in [7, 11) is 0. The van der Waals surface area contributed by atoms with E-state index < -0.39 is 0 Å². The highest BCUT2D eigenvalue weighted by Crippen LogP contribution is 2.40. The van der Waals surface area contributed by atoms with E-state index in [4.69, 9.17) is 4.74 Å². The molecular weight excluding hydrogens is 272 g/mol. The molecule has 0 bridgehead atoms. The Morgan fingerprint density at radius 1 is 1.18 bits per heavy atom. The van der Waals surface area contributed by atoms with Crippen molar-refractivity contribution in [1.82, 2.24) is 10.2 Å². The SMILES string of the molecule is CCN(CC)CCNC1CC(C)(C)Oc2cc(C)c(C)cc21. The number of nitrogens with one attached hydrogen (secondary N) is 1. The molecule has 1 aromatic carbocycles. The summed E-state index contributed by atoms with van der Waals surface area (Å²) in [5.74, 6) is 1.06. The molecule has 124 valence electrons. The summed E-state index contributed by atoms with van der Waals surface area (Å²) in [6, 6.07) is 4.88. The third kappa shape index (κ3) is 4.02. The summed E-state index contributed by atoms with van der Waals surface area (Å²) in [6.45, 7) is 17.5. The van der Waals surface area contributed by atoms with Crippen LogP contribution in [0, 0.1) is 13.8 Å². The highest BCUT2D eigenvalue weighted by atomic mass is 16.5. The fourth-order valence-corrected chi connectivity index (χ4v) is 3.23. The second kappa shape index (κ2) is 7.01. The molecule has 1 heterocycles. The van der Waals surface area contributed by atoms with Crippen molar-refractivity contribution in [2.45, 2.75) is 59.6 Å². The first-order valence-corrected chi connectivity index (χ1v) is 8.62. The average Bonchev–Trinajstić information content (AvgIpc) is 2.45. The molecule has 22 heavy (non-hydrogen) atoms. The van der Waals surface area contributed by atoms with Gasteiger partial charge in [0.05, 0.1) is 0 Å². The molecule has 3 heteroatoms. The van der Waals surface area contributed by atoms with Gasteiger partial charge in [-0.15, -0.1) is 0 Å². The molecule has 2 rings (SSSR count). The summed E-state index contributed by atoms with van der Waals surface area (Å²) >= 11 is 0. The van der Waals surface area contributed by atoms with Gasteiger partial charge in [0, 0.05) is 31.1 Å². The van der Waals surface area contributed by atoms with Crippen LogP contribution < -0.4 is 10.1 Å². The molecule has 1 aliphatic heterocycles. The second-order valence-electron chi connectivity index (χ2n) is 7.07. The Hall–Kier alpha value is -1.06. The van der Waals surface area contributed by atoms with Gasteiger partial charge in [-0.2, -0.15) is 0 Å². The molecule has 0 fully saturated rings. The van der Waals surface area contributed by atoms with Crippen molar-refractivity contribution in [2.24, 2.45) is 0 Å². The highest BCUT2D eigenvalue weighted by Gasteiger charge is 2.33. The van der Waals surface area contributed by atoms with Crippen molar-refractivity contribution in [1.29, 1.82) is 0 Å². The average molecular weight is 304 g/mol. The summed E-state index contributed by atoms with van der Waals surface area (Å²) < 4.78 is 6.20. The van der Waals surface area contributed by atoms with Crippen LogP contribution in [0.15, 0.2) is 12.1 Å². The van der Waals surface area contributed by atoms with Crippen LogP contribution in [0.5, 0.6) is 5.75 Å². The minimum absolute atomic E-state index is 0.110. The maximum Gasteiger partial charge on any atom is 0.125 e. The molecule has 0 radical (unpaired) electrons. The third-order valence-electron chi connectivity index (χ3n) is 4.80. The van der Waals surface area contributed by atoms with Gasteiger partial charge in [-0.3, -0.25) is 0 Å². The van der Waals surface area contributed by atoms with E-state index in [1.54, 1.807) is 0 Å². The summed E-state index contributed by atoms with van der Waals surface area (Å²) in [4.78, 5) is 2.46. The van der Waals surface area contributed by atoms with Gasteiger partial charge in [-0.1, -0.05) is 19.9 Å². The Morgan fingerprint density at radius 3 is 2.45 bits per heavy atom. The van der Waals surface area contributed by atoms with Crippen molar-refractivity contribution >= 4 is 0 Å². The highest BCUT2D eigenvalue weighted by molar-refractivity contribution is 5.45. The maximum atomic E-state index is 6.20. The number of aryl methyl sites for hydroxylation is 2. The predicted octanol–water partition coefficient (Wildman–Crippen LogP) is 3.84. The summed E-state index contributed by atoms with van der Waals surface area (Å²) in [5, 5.41) is 3.76. The van der Waals surface area contributed by atoms with Crippen LogP contribution in [-0.2, 0) is 0 Å². The zero-order chi connectivity index (χ0) is 16.3. The number of rotatable bonds is 6. The molecule has 1 aliphatic rings. The molecule has 3 nitrogen and oxygen atoms in total. The van der Waals surface area contributed by atoms with Gasteiger partial charge < -0.3 is 15.0 Å². The number of hydrogen-bond donors (Lipinski definition) is 1. The summed E-state index contributed by atoms with van der Waals surface area (Å²) in [6.07, 6.45) is 1.01. The van der Waals surface area contributed by atoms with E-state index in [0.717, 1.165) is 38.3 Å². The summed E-state index contributed by atoms with van der Waals surface area (Å²) in [5.41, 5.74) is 3.86. The van der Waals surface area contributed by atoms with Crippen LogP contribution in [0.3, 0.4) is 0 Å². The molecule has 1 aromatic rings. The molecule has 0 amide bonds. The first-order chi connectivity index (χ1) is 10.4. The normalized spacial score (nSPS) is 19.9. The van der Waals surface area contributed by atoms with E-state index in [1.807, 2.05) is 0 Å². The Balaban J connectivity index is 2.13. The van der Waals surface area contributed by atoms with Gasteiger partial charge in [0.1, 0.15) is 11.4 Å². The van der Waals surface area contributed by atoms with Gasteiger partial charge in [-0.05, 0) is 58.0 Å². The van der Waals surface area contributed by atoms with Crippen LogP contribution >= 0.6 is 0 Å².